The van der Waals surface area contributed by atoms with Crippen molar-refractivity contribution < 1.29 is 13.2 Å². The van der Waals surface area contributed by atoms with E-state index in [1.807, 2.05) is 19.9 Å². The van der Waals surface area contributed by atoms with Gasteiger partial charge in [-0.1, -0.05) is 23.7 Å². The van der Waals surface area contributed by atoms with Gasteiger partial charge in [0.05, 0.1) is 6.04 Å². The summed E-state index contributed by atoms with van der Waals surface area (Å²) in [6.45, 7) is 5.09. The second-order valence-corrected chi connectivity index (χ2v) is 10.3. The van der Waals surface area contributed by atoms with Crippen LogP contribution in [0, 0.1) is 6.92 Å². The molecule has 0 aliphatic carbocycles. The van der Waals surface area contributed by atoms with Crippen LogP contribution >= 0.6 is 22.9 Å². The third-order valence-corrected chi connectivity index (χ3v) is 8.15. The topological polar surface area (TPSA) is 78.5 Å². The van der Waals surface area contributed by atoms with Crippen LogP contribution in [0.3, 0.4) is 0 Å². The zero-order valence-electron chi connectivity index (χ0n) is 15.8. The van der Waals surface area contributed by atoms with E-state index in [0.29, 0.717) is 40.9 Å². The Morgan fingerprint density at radius 2 is 2.00 bits per heavy atom. The molecule has 1 aliphatic rings. The van der Waals surface area contributed by atoms with Gasteiger partial charge in [-0.2, -0.15) is 0 Å². The summed E-state index contributed by atoms with van der Waals surface area (Å²) in [7, 11) is -3.46. The van der Waals surface area contributed by atoms with Crippen LogP contribution in [-0.2, 0) is 14.8 Å². The Labute approximate surface area is 174 Å². The molecular formula is C19H24ClN3O3S2. The number of halogens is 1. The first-order valence-electron chi connectivity index (χ1n) is 9.13. The highest BCUT2D eigenvalue weighted by Crippen LogP contribution is 2.22. The van der Waals surface area contributed by atoms with Crippen molar-refractivity contribution in [3.05, 3.63) is 46.3 Å². The number of aryl methyl sites for hydroxylation is 1. The maximum absolute atomic E-state index is 12.6. The number of carbonyl (C=O) groups excluding carboxylic acids is 1. The largest absolute Gasteiger partial charge is 0.324 e. The number of amides is 1. The van der Waals surface area contributed by atoms with Crippen LogP contribution in [0.4, 0.5) is 5.69 Å². The molecular weight excluding hydrogens is 418 g/mol. The Morgan fingerprint density at radius 1 is 1.29 bits per heavy atom. The minimum atomic E-state index is -3.46. The lowest BCUT2D eigenvalue weighted by Gasteiger charge is -2.35. The highest BCUT2D eigenvalue weighted by molar-refractivity contribution is 7.91. The molecule has 2 aromatic rings. The van der Waals surface area contributed by atoms with Gasteiger partial charge in [0, 0.05) is 29.8 Å². The van der Waals surface area contributed by atoms with Gasteiger partial charge in [0.2, 0.25) is 15.9 Å². The maximum atomic E-state index is 12.6. The molecule has 6 nitrogen and oxygen atoms in total. The lowest BCUT2D eigenvalue weighted by atomic mass is 10.0. The zero-order chi connectivity index (χ0) is 20.3. The van der Waals surface area contributed by atoms with E-state index >= 15 is 0 Å². The summed E-state index contributed by atoms with van der Waals surface area (Å²) < 4.78 is 27.8. The Morgan fingerprint density at radius 3 is 2.64 bits per heavy atom. The molecule has 9 heteroatoms. The number of rotatable bonds is 6. The van der Waals surface area contributed by atoms with Gasteiger partial charge in [-0.25, -0.2) is 13.1 Å². The molecule has 1 fully saturated rings. The number of hydrogen-bond acceptors (Lipinski definition) is 5. The second kappa shape index (κ2) is 8.92. The molecule has 1 saturated heterocycles. The standard InChI is InChI=1S/C19H24ClN3O3S2/c1-13-5-6-15(20)12-17(13)21-19(24)14(2)23-9-7-16(8-10-23)22-28(25,26)18-4-3-11-27-18/h3-6,11-12,14,16,22H,7-10H2,1-2H3,(H,21,24). The molecule has 0 radical (unpaired) electrons. The summed E-state index contributed by atoms with van der Waals surface area (Å²) in [5.41, 5.74) is 1.66. The van der Waals surface area contributed by atoms with Crippen molar-refractivity contribution in [3.8, 4) is 0 Å². The molecule has 28 heavy (non-hydrogen) atoms. The summed E-state index contributed by atoms with van der Waals surface area (Å²) in [5, 5.41) is 5.27. The molecule has 1 unspecified atom stereocenters. The van der Waals surface area contributed by atoms with E-state index in [0.717, 1.165) is 5.56 Å². The number of nitrogens with one attached hydrogen (secondary N) is 2. The average Bonchev–Trinajstić information content (AvgIpc) is 3.20. The lowest BCUT2D eigenvalue weighted by Crippen LogP contribution is -2.50. The summed E-state index contributed by atoms with van der Waals surface area (Å²) in [5.74, 6) is -0.0945. The third kappa shape index (κ3) is 5.12. The second-order valence-electron chi connectivity index (χ2n) is 6.99. The number of sulfonamides is 1. The van der Waals surface area contributed by atoms with Crippen LogP contribution in [-0.4, -0.2) is 44.4 Å². The van der Waals surface area contributed by atoms with Crippen molar-refractivity contribution in [1.82, 2.24) is 9.62 Å². The molecule has 152 valence electrons. The van der Waals surface area contributed by atoms with Crippen molar-refractivity contribution in [3.63, 3.8) is 0 Å². The van der Waals surface area contributed by atoms with Crippen LogP contribution in [0.1, 0.15) is 25.3 Å². The number of piperidine rings is 1. The molecule has 1 aromatic carbocycles. The molecule has 1 amide bonds. The highest BCUT2D eigenvalue weighted by atomic mass is 35.5. The van der Waals surface area contributed by atoms with Crippen molar-refractivity contribution >= 4 is 44.6 Å². The fourth-order valence-corrected chi connectivity index (χ4v) is 5.72. The molecule has 1 atom stereocenters. The summed E-state index contributed by atoms with van der Waals surface area (Å²) in [4.78, 5) is 14.7. The van der Waals surface area contributed by atoms with Gasteiger partial charge in [-0.3, -0.25) is 9.69 Å². The molecule has 1 aliphatic heterocycles. The van der Waals surface area contributed by atoms with E-state index in [4.69, 9.17) is 11.6 Å². The van der Waals surface area contributed by atoms with Gasteiger partial charge >= 0.3 is 0 Å². The fourth-order valence-electron chi connectivity index (χ4n) is 3.23. The van der Waals surface area contributed by atoms with Crippen molar-refractivity contribution in [2.75, 3.05) is 18.4 Å². The minimum Gasteiger partial charge on any atom is -0.324 e. The Kier molecular flexibility index (Phi) is 6.77. The summed E-state index contributed by atoms with van der Waals surface area (Å²) in [6.07, 6.45) is 1.33. The quantitative estimate of drug-likeness (QED) is 0.719. The average molecular weight is 442 g/mol. The first kappa shape index (κ1) is 21.3. The number of nitrogens with zero attached hydrogens (tertiary/aromatic N) is 1. The number of likely N-dealkylation sites (tertiary alicyclic amines) is 1. The van der Waals surface area contributed by atoms with Crippen LogP contribution in [0.2, 0.25) is 5.02 Å². The van der Waals surface area contributed by atoms with Crippen molar-refractivity contribution in [2.45, 2.75) is 43.0 Å². The van der Waals surface area contributed by atoms with E-state index in [9.17, 15) is 13.2 Å². The maximum Gasteiger partial charge on any atom is 0.250 e. The molecule has 3 rings (SSSR count). The molecule has 0 saturated carbocycles. The van der Waals surface area contributed by atoms with E-state index in [2.05, 4.69) is 14.9 Å². The predicted octanol–water partition coefficient (Wildman–Crippen LogP) is 3.48. The number of anilines is 1. The zero-order valence-corrected chi connectivity index (χ0v) is 18.2. The van der Waals surface area contributed by atoms with Crippen molar-refractivity contribution in [1.29, 1.82) is 0 Å². The minimum absolute atomic E-state index is 0.0945. The van der Waals surface area contributed by atoms with Crippen LogP contribution in [0.5, 0.6) is 0 Å². The van der Waals surface area contributed by atoms with Crippen LogP contribution in [0.15, 0.2) is 39.9 Å². The van der Waals surface area contributed by atoms with E-state index < -0.39 is 10.0 Å². The number of thiophene rings is 1. The SMILES string of the molecule is Cc1ccc(Cl)cc1NC(=O)C(C)N1CCC(NS(=O)(=O)c2cccs2)CC1. The number of hydrogen-bond donors (Lipinski definition) is 2. The number of carbonyl (C=O) groups is 1. The molecule has 0 bridgehead atoms. The first-order valence-corrected chi connectivity index (χ1v) is 11.9. The lowest BCUT2D eigenvalue weighted by molar-refractivity contribution is -0.121. The smallest absolute Gasteiger partial charge is 0.250 e. The molecule has 0 spiro atoms. The van der Waals surface area contributed by atoms with Gasteiger partial charge < -0.3 is 5.32 Å². The Balaban J connectivity index is 1.54. The van der Waals surface area contributed by atoms with Gasteiger partial charge in [0.15, 0.2) is 0 Å². The van der Waals surface area contributed by atoms with Crippen molar-refractivity contribution in [2.24, 2.45) is 0 Å². The molecule has 2 heterocycles. The molecule has 2 N–H and O–H groups in total. The van der Waals surface area contributed by atoms with Gasteiger partial charge in [-0.05, 0) is 55.8 Å². The van der Waals surface area contributed by atoms with Crippen LogP contribution < -0.4 is 10.0 Å². The summed E-state index contributed by atoms with van der Waals surface area (Å²) >= 11 is 7.22. The fraction of sp³-hybridized carbons (Fsp3) is 0.421. The Hall–Kier alpha value is -1.45. The third-order valence-electron chi connectivity index (χ3n) is 5.00. The predicted molar refractivity (Wildman–Crippen MR) is 114 cm³/mol. The number of benzene rings is 1. The summed E-state index contributed by atoms with van der Waals surface area (Å²) in [6, 6.07) is 8.30. The normalized spacial score (nSPS) is 17.4. The van der Waals surface area contributed by atoms with Gasteiger partial charge in [-0.15, -0.1) is 11.3 Å². The van der Waals surface area contributed by atoms with E-state index in [1.165, 1.54) is 11.3 Å². The van der Waals surface area contributed by atoms with Gasteiger partial charge in [0.1, 0.15) is 4.21 Å². The van der Waals surface area contributed by atoms with E-state index in [-0.39, 0.29) is 18.0 Å². The first-order chi connectivity index (χ1) is 13.3. The highest BCUT2D eigenvalue weighted by Gasteiger charge is 2.29. The van der Waals surface area contributed by atoms with Gasteiger partial charge in [0.25, 0.3) is 0 Å². The monoisotopic (exact) mass is 441 g/mol. The molecule has 1 aromatic heterocycles. The Bertz CT molecular complexity index is 924. The van der Waals surface area contributed by atoms with Crippen LogP contribution in [0.25, 0.3) is 0 Å². The van der Waals surface area contributed by atoms with E-state index in [1.54, 1.807) is 29.6 Å².